The predicted octanol–water partition coefficient (Wildman–Crippen LogP) is 4.71. The van der Waals surface area contributed by atoms with Gasteiger partial charge >= 0.3 is 12.1 Å². The van der Waals surface area contributed by atoms with E-state index in [1.807, 2.05) is 18.2 Å². The first-order valence-electron chi connectivity index (χ1n) is 10.5. The summed E-state index contributed by atoms with van der Waals surface area (Å²) in [6.07, 6.45) is 2.67. The van der Waals surface area contributed by atoms with Crippen LogP contribution >= 0.6 is 0 Å². The van der Waals surface area contributed by atoms with Crippen molar-refractivity contribution < 1.29 is 19.4 Å². The van der Waals surface area contributed by atoms with Crippen LogP contribution in [-0.4, -0.2) is 61.7 Å². The van der Waals surface area contributed by atoms with Gasteiger partial charge in [-0.15, -0.1) is 0 Å². The number of aromatic carboxylic acids is 1. The van der Waals surface area contributed by atoms with Crippen molar-refractivity contribution in [2.24, 2.45) is 0 Å². The molecule has 162 valence electrons. The van der Waals surface area contributed by atoms with Gasteiger partial charge in [0.1, 0.15) is 5.56 Å². The Balaban J connectivity index is 1.93. The minimum absolute atomic E-state index is 0.0197. The van der Waals surface area contributed by atoms with Crippen LogP contribution in [0.5, 0.6) is 5.75 Å². The lowest BCUT2D eigenvalue weighted by molar-refractivity contribution is 0.0693. The number of benzene rings is 2. The molecule has 0 saturated carbocycles. The number of rotatable bonds is 5. The van der Waals surface area contributed by atoms with Gasteiger partial charge in [-0.05, 0) is 67.3 Å². The summed E-state index contributed by atoms with van der Waals surface area (Å²) in [5, 5.41) is 9.75. The highest BCUT2D eigenvalue weighted by atomic mass is 16.6. The highest BCUT2D eigenvalue weighted by molar-refractivity contribution is 5.98. The second kappa shape index (κ2) is 8.19. The van der Waals surface area contributed by atoms with Gasteiger partial charge in [0.15, 0.2) is 5.75 Å². The maximum atomic E-state index is 12.4. The van der Waals surface area contributed by atoms with E-state index in [1.54, 1.807) is 20.2 Å². The number of likely N-dealkylation sites (N-methyl/N-ethyl adjacent to an activating group) is 1. The highest BCUT2D eigenvalue weighted by Crippen LogP contribution is 2.54. The van der Waals surface area contributed by atoms with Crippen LogP contribution in [0.25, 0.3) is 16.7 Å². The van der Waals surface area contributed by atoms with E-state index in [1.165, 1.54) is 33.2 Å². The third-order valence-electron chi connectivity index (χ3n) is 6.08. The number of carboxylic acid groups (broad SMARTS) is 1. The number of hydrogen-bond donors (Lipinski definition) is 1. The van der Waals surface area contributed by atoms with Crippen LogP contribution < -0.4 is 4.74 Å². The fourth-order valence-corrected chi connectivity index (χ4v) is 4.83. The fraction of sp³-hybridized carbons (Fsp3) is 0.360. The number of fused-ring (bicyclic) bond motifs is 4. The molecule has 0 saturated heterocycles. The van der Waals surface area contributed by atoms with Crippen LogP contribution in [0.3, 0.4) is 0 Å². The van der Waals surface area contributed by atoms with E-state index < -0.39 is 12.1 Å². The number of nitrogens with zero attached hydrogens (tertiary/aromatic N) is 2. The van der Waals surface area contributed by atoms with Gasteiger partial charge in [0.05, 0.1) is 0 Å². The number of allylic oxidation sites excluding steroid dienone is 1. The van der Waals surface area contributed by atoms with Crippen LogP contribution in [0.1, 0.15) is 46.7 Å². The van der Waals surface area contributed by atoms with Gasteiger partial charge in [0, 0.05) is 32.1 Å². The Hall–Kier alpha value is -3.12. The van der Waals surface area contributed by atoms with Crippen molar-refractivity contribution in [3.63, 3.8) is 0 Å². The molecule has 1 N–H and O–H groups in total. The molecule has 31 heavy (non-hydrogen) atoms. The van der Waals surface area contributed by atoms with Gasteiger partial charge in [-0.1, -0.05) is 30.3 Å². The Morgan fingerprint density at radius 3 is 2.45 bits per heavy atom. The van der Waals surface area contributed by atoms with Crippen LogP contribution in [0, 0.1) is 0 Å². The highest BCUT2D eigenvalue weighted by Gasteiger charge is 2.36. The average Bonchev–Trinajstić information content (AvgIpc) is 2.88. The molecule has 6 heteroatoms. The lowest BCUT2D eigenvalue weighted by Gasteiger charge is -2.23. The average molecular weight is 421 g/mol. The monoisotopic (exact) mass is 420 g/mol. The fourth-order valence-electron chi connectivity index (χ4n) is 4.83. The van der Waals surface area contributed by atoms with Gasteiger partial charge < -0.3 is 19.6 Å². The Bertz CT molecular complexity index is 1080. The molecule has 0 aliphatic heterocycles. The van der Waals surface area contributed by atoms with Crippen molar-refractivity contribution in [3.8, 4) is 16.9 Å². The standard InChI is InChI=1S/C25H28N2O4/c1-26(2)14-21-15-8-5-11-18(21)22-16(15)9-6-10-17(22)19-12-7-13-20(24(28)29)23(19)31-25(30)27(3)4/h6-7,9-10,12-13,15H,5,8,11,14H2,1-4H3,(H,28,29). The van der Waals surface area contributed by atoms with Crippen molar-refractivity contribution in [2.45, 2.75) is 25.2 Å². The smallest absolute Gasteiger partial charge is 0.414 e. The Labute approximate surface area is 182 Å². The number of ether oxygens (including phenoxy) is 1. The number of hydrogen-bond acceptors (Lipinski definition) is 4. The van der Waals surface area contributed by atoms with Crippen LogP contribution in [0.15, 0.2) is 42.0 Å². The molecule has 4 rings (SSSR count). The van der Waals surface area contributed by atoms with Gasteiger partial charge in [-0.3, -0.25) is 0 Å². The summed E-state index contributed by atoms with van der Waals surface area (Å²) in [4.78, 5) is 27.8. The molecular weight excluding hydrogens is 392 g/mol. The summed E-state index contributed by atoms with van der Waals surface area (Å²) in [6.45, 7) is 0.908. The zero-order valence-corrected chi connectivity index (χ0v) is 18.4. The molecule has 0 radical (unpaired) electrons. The number of carbonyl (C=O) groups excluding carboxylic acids is 1. The summed E-state index contributed by atoms with van der Waals surface area (Å²) >= 11 is 0. The summed E-state index contributed by atoms with van der Waals surface area (Å²) in [6, 6.07) is 11.2. The van der Waals surface area contributed by atoms with Gasteiger partial charge in [-0.25, -0.2) is 9.59 Å². The van der Waals surface area contributed by atoms with Crippen LogP contribution in [0.4, 0.5) is 4.79 Å². The summed E-state index contributed by atoms with van der Waals surface area (Å²) in [7, 11) is 7.32. The molecule has 0 aromatic heterocycles. The zero-order valence-electron chi connectivity index (χ0n) is 18.4. The first-order valence-corrected chi connectivity index (χ1v) is 10.5. The molecule has 2 aliphatic carbocycles. The predicted molar refractivity (Wildman–Crippen MR) is 121 cm³/mol. The van der Waals surface area contributed by atoms with E-state index in [2.05, 4.69) is 25.1 Å². The topological polar surface area (TPSA) is 70.1 Å². The largest absolute Gasteiger partial charge is 0.478 e. The van der Waals surface area contributed by atoms with E-state index in [0.717, 1.165) is 31.4 Å². The molecule has 2 aromatic rings. The molecule has 0 heterocycles. The minimum Gasteiger partial charge on any atom is -0.478 e. The Morgan fingerprint density at radius 2 is 1.77 bits per heavy atom. The molecule has 1 amide bonds. The van der Waals surface area contributed by atoms with Crippen molar-refractivity contribution in [1.82, 2.24) is 9.80 Å². The van der Waals surface area contributed by atoms with Crippen molar-refractivity contribution in [2.75, 3.05) is 34.7 Å². The Kier molecular flexibility index (Phi) is 5.58. The molecule has 0 fully saturated rings. The zero-order chi connectivity index (χ0) is 22.3. The van der Waals surface area contributed by atoms with Gasteiger partial charge in [-0.2, -0.15) is 0 Å². The van der Waals surface area contributed by atoms with E-state index >= 15 is 0 Å². The van der Waals surface area contributed by atoms with E-state index in [0.29, 0.717) is 11.5 Å². The van der Waals surface area contributed by atoms with Crippen molar-refractivity contribution >= 4 is 17.6 Å². The minimum atomic E-state index is -1.12. The third-order valence-corrected chi connectivity index (χ3v) is 6.08. The maximum Gasteiger partial charge on any atom is 0.414 e. The lowest BCUT2D eigenvalue weighted by atomic mass is 9.86. The molecule has 6 nitrogen and oxygen atoms in total. The van der Waals surface area contributed by atoms with Crippen LogP contribution in [0.2, 0.25) is 0 Å². The number of amides is 1. The molecule has 1 atom stereocenters. The number of para-hydroxylation sites is 1. The summed E-state index contributed by atoms with van der Waals surface area (Å²) in [5.74, 6) is -0.628. The number of carbonyl (C=O) groups is 2. The summed E-state index contributed by atoms with van der Waals surface area (Å²) in [5.41, 5.74) is 6.85. The van der Waals surface area contributed by atoms with E-state index in [9.17, 15) is 14.7 Å². The summed E-state index contributed by atoms with van der Waals surface area (Å²) < 4.78 is 5.60. The number of carboxylic acids is 1. The lowest BCUT2D eigenvalue weighted by Crippen LogP contribution is -2.26. The first kappa shape index (κ1) is 21.1. The van der Waals surface area contributed by atoms with Crippen molar-refractivity contribution in [1.29, 1.82) is 0 Å². The van der Waals surface area contributed by atoms with Gasteiger partial charge in [0.25, 0.3) is 0 Å². The third kappa shape index (κ3) is 3.72. The molecule has 1 unspecified atom stereocenters. The molecule has 2 aliphatic rings. The van der Waals surface area contributed by atoms with E-state index in [4.69, 9.17) is 4.74 Å². The molecule has 0 spiro atoms. The Morgan fingerprint density at radius 1 is 1.06 bits per heavy atom. The molecule has 2 aromatic carbocycles. The SMILES string of the molecule is CN(C)CC1=C2CCCC1c1cccc(-c3cccc(C(=O)O)c3OC(=O)N(C)C)c12. The second-order valence-corrected chi connectivity index (χ2v) is 8.71. The van der Waals surface area contributed by atoms with E-state index in [-0.39, 0.29) is 11.3 Å². The second-order valence-electron chi connectivity index (χ2n) is 8.71. The van der Waals surface area contributed by atoms with Gasteiger partial charge in [0.2, 0.25) is 0 Å². The molecular formula is C25H28N2O4. The van der Waals surface area contributed by atoms with Crippen LogP contribution in [-0.2, 0) is 0 Å². The molecule has 2 bridgehead atoms. The van der Waals surface area contributed by atoms with Crippen molar-refractivity contribution in [3.05, 3.63) is 58.7 Å². The first-order chi connectivity index (χ1) is 14.8. The normalized spacial score (nSPS) is 17.0. The maximum absolute atomic E-state index is 12.4. The quantitative estimate of drug-likeness (QED) is 0.759.